The summed E-state index contributed by atoms with van der Waals surface area (Å²) in [5.74, 6) is 0.264. The second-order valence-electron chi connectivity index (χ2n) is 4.04. The minimum Gasteiger partial charge on any atom is -0.267 e. The average molecular weight is 286 g/mol. The SMILES string of the molecule is CSc1nnc(-c2cccnc2)n1-c1ccccc1F. The summed E-state index contributed by atoms with van der Waals surface area (Å²) in [6, 6.07) is 10.3. The van der Waals surface area contributed by atoms with Crippen molar-refractivity contribution in [2.75, 3.05) is 6.26 Å². The van der Waals surface area contributed by atoms with E-state index in [1.165, 1.54) is 17.8 Å². The highest BCUT2D eigenvalue weighted by atomic mass is 32.2. The molecule has 2 aromatic heterocycles. The topological polar surface area (TPSA) is 43.6 Å². The van der Waals surface area contributed by atoms with Crippen LogP contribution in [0.5, 0.6) is 0 Å². The largest absolute Gasteiger partial charge is 0.267 e. The standard InChI is InChI=1S/C14H11FN4S/c1-20-14-18-17-13(10-5-4-8-16-9-10)19(14)12-7-3-2-6-11(12)15/h2-9H,1H3. The molecule has 0 saturated carbocycles. The van der Waals surface area contributed by atoms with Gasteiger partial charge in [-0.15, -0.1) is 10.2 Å². The maximum absolute atomic E-state index is 14.1. The summed E-state index contributed by atoms with van der Waals surface area (Å²) >= 11 is 1.42. The Kier molecular flexibility index (Phi) is 3.47. The zero-order chi connectivity index (χ0) is 13.9. The maximum Gasteiger partial charge on any atom is 0.195 e. The van der Waals surface area contributed by atoms with Crippen molar-refractivity contribution >= 4 is 11.8 Å². The normalized spacial score (nSPS) is 10.7. The van der Waals surface area contributed by atoms with Crippen LogP contribution >= 0.6 is 11.8 Å². The Morgan fingerprint density at radius 3 is 2.65 bits per heavy atom. The molecule has 4 nitrogen and oxygen atoms in total. The molecule has 0 spiro atoms. The number of para-hydroxylation sites is 1. The first-order valence-electron chi connectivity index (χ1n) is 5.96. The molecule has 0 aliphatic heterocycles. The lowest BCUT2D eigenvalue weighted by Crippen LogP contribution is -2.02. The molecule has 1 aromatic carbocycles. The van der Waals surface area contributed by atoms with E-state index in [4.69, 9.17) is 0 Å². The van der Waals surface area contributed by atoms with E-state index in [2.05, 4.69) is 15.2 Å². The quantitative estimate of drug-likeness (QED) is 0.694. The summed E-state index contributed by atoms with van der Waals surface area (Å²) in [6.45, 7) is 0. The van der Waals surface area contributed by atoms with Crippen LogP contribution < -0.4 is 0 Å². The predicted octanol–water partition coefficient (Wildman–Crippen LogP) is 3.19. The molecule has 20 heavy (non-hydrogen) atoms. The van der Waals surface area contributed by atoms with Crippen molar-refractivity contribution in [1.29, 1.82) is 0 Å². The number of hydrogen-bond acceptors (Lipinski definition) is 4. The summed E-state index contributed by atoms with van der Waals surface area (Å²) in [5.41, 5.74) is 1.23. The molecular formula is C14H11FN4S. The molecule has 0 bridgehead atoms. The van der Waals surface area contributed by atoms with Crippen LogP contribution in [0.1, 0.15) is 0 Å². The fraction of sp³-hybridized carbons (Fsp3) is 0.0714. The molecule has 0 aliphatic carbocycles. The van der Waals surface area contributed by atoms with Gasteiger partial charge in [0.2, 0.25) is 0 Å². The number of hydrogen-bond donors (Lipinski definition) is 0. The van der Waals surface area contributed by atoms with Gasteiger partial charge in [0.05, 0.1) is 5.69 Å². The van der Waals surface area contributed by atoms with Crippen molar-refractivity contribution < 1.29 is 4.39 Å². The van der Waals surface area contributed by atoms with E-state index < -0.39 is 0 Å². The van der Waals surface area contributed by atoms with E-state index in [1.54, 1.807) is 35.2 Å². The van der Waals surface area contributed by atoms with Crippen LogP contribution in [0.25, 0.3) is 17.1 Å². The highest BCUT2D eigenvalue weighted by molar-refractivity contribution is 7.98. The van der Waals surface area contributed by atoms with Gasteiger partial charge in [0.25, 0.3) is 0 Å². The maximum atomic E-state index is 14.1. The third-order valence-electron chi connectivity index (χ3n) is 2.83. The lowest BCUT2D eigenvalue weighted by molar-refractivity contribution is 0.613. The summed E-state index contributed by atoms with van der Waals surface area (Å²) < 4.78 is 15.8. The predicted molar refractivity (Wildman–Crippen MR) is 76.3 cm³/mol. The lowest BCUT2D eigenvalue weighted by Gasteiger charge is -2.09. The van der Waals surface area contributed by atoms with E-state index in [0.29, 0.717) is 16.7 Å². The van der Waals surface area contributed by atoms with Crippen molar-refractivity contribution in [1.82, 2.24) is 19.7 Å². The van der Waals surface area contributed by atoms with Gasteiger partial charge in [-0.1, -0.05) is 23.9 Å². The molecule has 3 aromatic rings. The van der Waals surface area contributed by atoms with Gasteiger partial charge in [0.15, 0.2) is 11.0 Å². The Bertz CT molecular complexity index is 727. The fourth-order valence-electron chi connectivity index (χ4n) is 1.93. The van der Waals surface area contributed by atoms with E-state index in [1.807, 2.05) is 18.4 Å². The van der Waals surface area contributed by atoms with Crippen LogP contribution in [0.3, 0.4) is 0 Å². The third kappa shape index (κ3) is 2.18. The summed E-state index contributed by atoms with van der Waals surface area (Å²) in [5, 5.41) is 8.90. The first-order chi connectivity index (χ1) is 9.81. The number of halogens is 1. The van der Waals surface area contributed by atoms with Gasteiger partial charge in [0.1, 0.15) is 5.82 Å². The van der Waals surface area contributed by atoms with Crippen LogP contribution in [0.15, 0.2) is 53.9 Å². The number of thioether (sulfide) groups is 1. The Morgan fingerprint density at radius 1 is 1.10 bits per heavy atom. The van der Waals surface area contributed by atoms with Gasteiger partial charge in [-0.2, -0.15) is 0 Å². The van der Waals surface area contributed by atoms with E-state index in [0.717, 1.165) is 5.56 Å². The minimum atomic E-state index is -0.312. The number of aromatic nitrogens is 4. The molecule has 0 radical (unpaired) electrons. The van der Waals surface area contributed by atoms with Gasteiger partial charge >= 0.3 is 0 Å². The minimum absolute atomic E-state index is 0.312. The van der Waals surface area contributed by atoms with Gasteiger partial charge in [-0.05, 0) is 30.5 Å². The van der Waals surface area contributed by atoms with Crippen molar-refractivity contribution in [3.8, 4) is 17.1 Å². The fourth-order valence-corrected chi connectivity index (χ4v) is 2.42. The Labute approximate surface area is 119 Å². The van der Waals surface area contributed by atoms with Crippen LogP contribution in [-0.2, 0) is 0 Å². The van der Waals surface area contributed by atoms with Crippen molar-refractivity contribution in [3.05, 3.63) is 54.6 Å². The molecule has 6 heteroatoms. The molecule has 0 saturated heterocycles. The Morgan fingerprint density at radius 2 is 1.95 bits per heavy atom. The molecule has 0 aliphatic rings. The average Bonchev–Trinajstić information content (AvgIpc) is 2.92. The number of nitrogens with zero attached hydrogens (tertiary/aromatic N) is 4. The van der Waals surface area contributed by atoms with E-state index in [-0.39, 0.29) is 5.82 Å². The number of rotatable bonds is 3. The van der Waals surface area contributed by atoms with Crippen LogP contribution in [0.4, 0.5) is 4.39 Å². The number of benzene rings is 1. The smallest absolute Gasteiger partial charge is 0.195 e. The molecule has 0 fully saturated rings. The monoisotopic (exact) mass is 286 g/mol. The second-order valence-corrected chi connectivity index (χ2v) is 4.81. The number of pyridine rings is 1. The molecular weight excluding hydrogens is 275 g/mol. The van der Waals surface area contributed by atoms with Crippen LogP contribution in [0.2, 0.25) is 0 Å². The zero-order valence-corrected chi connectivity index (χ0v) is 11.5. The molecule has 2 heterocycles. The first kappa shape index (κ1) is 12.8. The van der Waals surface area contributed by atoms with Crippen molar-refractivity contribution in [3.63, 3.8) is 0 Å². The Balaban J connectivity index is 2.24. The highest BCUT2D eigenvalue weighted by Gasteiger charge is 2.17. The summed E-state index contributed by atoms with van der Waals surface area (Å²) in [7, 11) is 0. The molecule has 0 unspecified atom stereocenters. The summed E-state index contributed by atoms with van der Waals surface area (Å²) in [4.78, 5) is 4.07. The second kappa shape index (κ2) is 5.42. The van der Waals surface area contributed by atoms with Gasteiger partial charge < -0.3 is 0 Å². The third-order valence-corrected chi connectivity index (χ3v) is 3.46. The van der Waals surface area contributed by atoms with E-state index in [9.17, 15) is 4.39 Å². The Hall–Kier alpha value is -2.21. The lowest BCUT2D eigenvalue weighted by atomic mass is 10.2. The molecule has 0 N–H and O–H groups in total. The zero-order valence-electron chi connectivity index (χ0n) is 10.7. The van der Waals surface area contributed by atoms with Gasteiger partial charge in [-0.25, -0.2) is 4.39 Å². The highest BCUT2D eigenvalue weighted by Crippen LogP contribution is 2.27. The van der Waals surface area contributed by atoms with Gasteiger partial charge in [-0.3, -0.25) is 9.55 Å². The molecule has 100 valence electrons. The molecule has 0 atom stereocenters. The van der Waals surface area contributed by atoms with Crippen LogP contribution in [0, 0.1) is 5.82 Å². The van der Waals surface area contributed by atoms with Gasteiger partial charge in [0, 0.05) is 18.0 Å². The summed E-state index contributed by atoms with van der Waals surface area (Å²) in [6.07, 6.45) is 5.25. The van der Waals surface area contributed by atoms with Crippen molar-refractivity contribution in [2.45, 2.75) is 5.16 Å². The van der Waals surface area contributed by atoms with E-state index >= 15 is 0 Å². The molecule has 0 amide bonds. The molecule has 3 rings (SSSR count). The van der Waals surface area contributed by atoms with Crippen molar-refractivity contribution in [2.24, 2.45) is 0 Å². The van der Waals surface area contributed by atoms with Crippen LogP contribution in [-0.4, -0.2) is 26.0 Å². The first-order valence-corrected chi connectivity index (χ1v) is 7.18.